The number of nitrogens with one attached hydrogen (secondary N) is 1. The summed E-state index contributed by atoms with van der Waals surface area (Å²) in [5, 5.41) is 0.912. The van der Waals surface area contributed by atoms with E-state index in [-0.39, 0.29) is 5.56 Å². The lowest BCUT2D eigenvalue weighted by Gasteiger charge is -2.06. The SMILES string of the molecule is COC(=O)c1cc(-c2ccnc3[nH]ccc23)ccc1F. The highest BCUT2D eigenvalue weighted by Gasteiger charge is 2.14. The molecule has 100 valence electrons. The first-order chi connectivity index (χ1) is 9.70. The third kappa shape index (κ3) is 1.93. The van der Waals surface area contributed by atoms with Crippen molar-refractivity contribution in [3.8, 4) is 11.1 Å². The van der Waals surface area contributed by atoms with E-state index in [2.05, 4.69) is 14.7 Å². The molecule has 0 unspecified atom stereocenters. The molecule has 2 aromatic heterocycles. The Balaban J connectivity index is 2.20. The molecule has 0 bridgehead atoms. The molecule has 0 aliphatic rings. The van der Waals surface area contributed by atoms with Gasteiger partial charge in [-0.1, -0.05) is 6.07 Å². The predicted octanol–water partition coefficient (Wildman–Crippen LogP) is 3.16. The van der Waals surface area contributed by atoms with Gasteiger partial charge in [-0.05, 0) is 35.4 Å². The minimum atomic E-state index is -0.691. The van der Waals surface area contributed by atoms with Crippen molar-refractivity contribution in [1.29, 1.82) is 0 Å². The number of pyridine rings is 1. The first-order valence-corrected chi connectivity index (χ1v) is 6.01. The van der Waals surface area contributed by atoms with E-state index in [0.717, 1.165) is 22.2 Å². The number of nitrogens with zero attached hydrogens (tertiary/aromatic N) is 1. The standard InChI is InChI=1S/C15H11FN2O2/c1-20-15(19)12-8-9(2-3-13(12)16)10-4-6-17-14-11(10)5-7-18-14/h2-8H,1H3,(H,17,18). The zero-order valence-corrected chi connectivity index (χ0v) is 10.7. The Bertz CT molecular complexity index is 795. The third-order valence-corrected chi connectivity index (χ3v) is 3.14. The second kappa shape index (κ2) is 4.77. The molecule has 2 heterocycles. The Labute approximate surface area is 114 Å². The van der Waals surface area contributed by atoms with Crippen LogP contribution in [0.5, 0.6) is 0 Å². The fourth-order valence-corrected chi connectivity index (χ4v) is 2.17. The van der Waals surface area contributed by atoms with Crippen molar-refractivity contribution in [1.82, 2.24) is 9.97 Å². The van der Waals surface area contributed by atoms with Crippen LogP contribution in [0.4, 0.5) is 4.39 Å². The number of ether oxygens (including phenoxy) is 1. The number of halogens is 1. The molecule has 3 aromatic rings. The van der Waals surface area contributed by atoms with Crippen LogP contribution >= 0.6 is 0 Å². The van der Waals surface area contributed by atoms with Crippen molar-refractivity contribution in [2.75, 3.05) is 7.11 Å². The normalized spacial score (nSPS) is 10.7. The van der Waals surface area contributed by atoms with Crippen LogP contribution in [0, 0.1) is 5.82 Å². The molecule has 0 spiro atoms. The highest BCUT2D eigenvalue weighted by molar-refractivity contribution is 5.96. The molecular formula is C15H11FN2O2. The van der Waals surface area contributed by atoms with Gasteiger partial charge in [0.15, 0.2) is 0 Å². The molecule has 1 aromatic carbocycles. The Morgan fingerprint density at radius 1 is 1.30 bits per heavy atom. The number of carbonyl (C=O) groups excluding carboxylic acids is 1. The second-order valence-electron chi connectivity index (χ2n) is 4.28. The first kappa shape index (κ1) is 12.3. The number of fused-ring (bicyclic) bond motifs is 1. The molecule has 0 radical (unpaired) electrons. The minimum Gasteiger partial charge on any atom is -0.465 e. The molecule has 0 fully saturated rings. The molecule has 0 amide bonds. The van der Waals surface area contributed by atoms with Crippen LogP contribution in [0.15, 0.2) is 42.7 Å². The van der Waals surface area contributed by atoms with Crippen molar-refractivity contribution in [3.63, 3.8) is 0 Å². The molecule has 5 heteroatoms. The summed E-state index contributed by atoms with van der Waals surface area (Å²) in [7, 11) is 1.23. The van der Waals surface area contributed by atoms with Crippen molar-refractivity contribution < 1.29 is 13.9 Å². The van der Waals surface area contributed by atoms with E-state index in [1.807, 2.05) is 12.1 Å². The second-order valence-corrected chi connectivity index (χ2v) is 4.28. The topological polar surface area (TPSA) is 55.0 Å². The molecule has 0 saturated carbocycles. The van der Waals surface area contributed by atoms with Gasteiger partial charge in [0.05, 0.1) is 12.7 Å². The largest absolute Gasteiger partial charge is 0.465 e. The smallest absolute Gasteiger partial charge is 0.340 e. The van der Waals surface area contributed by atoms with Gasteiger partial charge in [-0.3, -0.25) is 0 Å². The number of rotatable bonds is 2. The average molecular weight is 270 g/mol. The van der Waals surface area contributed by atoms with E-state index in [1.165, 1.54) is 19.2 Å². The number of hydrogen-bond donors (Lipinski definition) is 1. The predicted molar refractivity (Wildman–Crippen MR) is 72.8 cm³/mol. The summed E-state index contributed by atoms with van der Waals surface area (Å²) in [4.78, 5) is 18.8. The minimum absolute atomic E-state index is 0.0782. The lowest BCUT2D eigenvalue weighted by atomic mass is 10.0. The van der Waals surface area contributed by atoms with Crippen molar-refractivity contribution in [2.24, 2.45) is 0 Å². The van der Waals surface area contributed by atoms with Gasteiger partial charge < -0.3 is 9.72 Å². The number of H-pyrrole nitrogens is 1. The highest BCUT2D eigenvalue weighted by Crippen LogP contribution is 2.28. The summed E-state index contributed by atoms with van der Waals surface area (Å²) in [6.45, 7) is 0. The quantitative estimate of drug-likeness (QED) is 0.728. The van der Waals surface area contributed by atoms with Gasteiger partial charge in [0, 0.05) is 17.8 Å². The summed E-state index contributed by atoms with van der Waals surface area (Å²) >= 11 is 0. The highest BCUT2D eigenvalue weighted by atomic mass is 19.1. The molecular weight excluding hydrogens is 259 g/mol. The number of aromatic amines is 1. The maximum absolute atomic E-state index is 13.7. The monoisotopic (exact) mass is 270 g/mol. The Morgan fingerprint density at radius 3 is 2.95 bits per heavy atom. The summed E-state index contributed by atoms with van der Waals surface area (Å²) < 4.78 is 18.2. The van der Waals surface area contributed by atoms with Crippen molar-refractivity contribution in [2.45, 2.75) is 0 Å². The van der Waals surface area contributed by atoms with Crippen LogP contribution in [-0.4, -0.2) is 23.0 Å². The molecule has 20 heavy (non-hydrogen) atoms. The van der Waals surface area contributed by atoms with Crippen LogP contribution in [0.2, 0.25) is 0 Å². The summed E-state index contributed by atoms with van der Waals surface area (Å²) in [5.74, 6) is -1.29. The van der Waals surface area contributed by atoms with E-state index in [9.17, 15) is 9.18 Å². The fourth-order valence-electron chi connectivity index (χ4n) is 2.17. The zero-order valence-electron chi connectivity index (χ0n) is 10.7. The van der Waals surface area contributed by atoms with Gasteiger partial charge in [-0.25, -0.2) is 14.2 Å². The lowest BCUT2D eigenvalue weighted by Crippen LogP contribution is -2.04. The van der Waals surface area contributed by atoms with Crippen LogP contribution in [0.1, 0.15) is 10.4 Å². The first-order valence-electron chi connectivity index (χ1n) is 6.01. The van der Waals surface area contributed by atoms with Gasteiger partial charge >= 0.3 is 5.97 Å². The average Bonchev–Trinajstić information content (AvgIpc) is 2.95. The van der Waals surface area contributed by atoms with E-state index in [4.69, 9.17) is 0 Å². The number of carbonyl (C=O) groups is 1. The van der Waals surface area contributed by atoms with E-state index in [0.29, 0.717) is 0 Å². The third-order valence-electron chi connectivity index (χ3n) is 3.14. The van der Waals surface area contributed by atoms with E-state index in [1.54, 1.807) is 18.5 Å². The van der Waals surface area contributed by atoms with Gasteiger partial charge in [-0.15, -0.1) is 0 Å². The number of methoxy groups -OCH3 is 1. The number of aromatic nitrogens is 2. The van der Waals surface area contributed by atoms with E-state index >= 15 is 0 Å². The van der Waals surface area contributed by atoms with Crippen molar-refractivity contribution >= 4 is 17.0 Å². The van der Waals surface area contributed by atoms with Crippen molar-refractivity contribution in [3.05, 3.63) is 54.1 Å². The van der Waals surface area contributed by atoms with Gasteiger partial charge in [0.1, 0.15) is 11.5 Å². The van der Waals surface area contributed by atoms with Gasteiger partial charge in [-0.2, -0.15) is 0 Å². The summed E-state index contributed by atoms with van der Waals surface area (Å²) in [6.07, 6.45) is 3.45. The molecule has 0 aliphatic carbocycles. The summed E-state index contributed by atoms with van der Waals surface area (Å²) in [6, 6.07) is 8.09. The van der Waals surface area contributed by atoms with Crippen LogP contribution in [-0.2, 0) is 4.74 Å². The van der Waals surface area contributed by atoms with Crippen LogP contribution < -0.4 is 0 Å². The molecule has 0 saturated heterocycles. The molecule has 0 aliphatic heterocycles. The van der Waals surface area contributed by atoms with Gasteiger partial charge in [0.2, 0.25) is 0 Å². The van der Waals surface area contributed by atoms with Gasteiger partial charge in [0.25, 0.3) is 0 Å². The Hall–Kier alpha value is -2.69. The maximum atomic E-state index is 13.7. The molecule has 0 atom stereocenters. The Kier molecular flexibility index (Phi) is 2.95. The zero-order chi connectivity index (χ0) is 14.1. The van der Waals surface area contributed by atoms with E-state index < -0.39 is 11.8 Å². The Morgan fingerprint density at radius 2 is 2.15 bits per heavy atom. The maximum Gasteiger partial charge on any atom is 0.340 e. The molecule has 4 nitrogen and oxygen atoms in total. The fraction of sp³-hybridized carbons (Fsp3) is 0.0667. The molecule has 1 N–H and O–H groups in total. The lowest BCUT2D eigenvalue weighted by molar-refractivity contribution is 0.0595. The number of benzene rings is 1. The molecule has 3 rings (SSSR count). The summed E-state index contributed by atoms with van der Waals surface area (Å²) in [5.41, 5.74) is 2.28. The number of esters is 1. The van der Waals surface area contributed by atoms with Crippen LogP contribution in [0.25, 0.3) is 22.2 Å². The van der Waals surface area contributed by atoms with Crippen LogP contribution in [0.3, 0.4) is 0 Å². The number of hydrogen-bond acceptors (Lipinski definition) is 3.